The van der Waals surface area contributed by atoms with Crippen LogP contribution in [0.15, 0.2) is 279 Å². The summed E-state index contributed by atoms with van der Waals surface area (Å²) in [5, 5.41) is 5.07. The van der Waals surface area contributed by atoms with Gasteiger partial charge < -0.3 is 9.13 Å². The van der Waals surface area contributed by atoms with Crippen LogP contribution in [0.4, 0.5) is 0 Å². The Morgan fingerprint density at radius 1 is 0.220 bits per heavy atom. The van der Waals surface area contributed by atoms with Gasteiger partial charge in [-0.25, -0.2) is 0 Å². The quantitative estimate of drug-likeness (QED) is 0.134. The Kier molecular flexibility index (Phi) is 11.5. The summed E-state index contributed by atoms with van der Waals surface area (Å²) in [6, 6.07) is 105. The molecule has 0 radical (unpaired) electrons. The van der Waals surface area contributed by atoms with Gasteiger partial charge in [-0.05, 0) is 207 Å². The molecule has 2 heteroatoms. The molecule has 91 heavy (non-hydrogen) atoms. The maximum absolute atomic E-state index is 2.48. The number of fused-ring (bicyclic) bond motifs is 15. The smallest absolute Gasteiger partial charge is 0.0541 e. The first-order chi connectivity index (χ1) is 44.3. The molecule has 0 atom stereocenters. The second-order valence-electron chi connectivity index (χ2n) is 27.3. The fraction of sp³-hybridized carbons (Fsp3) is 0.101. The van der Waals surface area contributed by atoms with Crippen molar-refractivity contribution >= 4 is 55.8 Å². The van der Waals surface area contributed by atoms with Crippen LogP contribution in [0.2, 0.25) is 0 Å². The van der Waals surface area contributed by atoms with Crippen LogP contribution in [0.3, 0.4) is 0 Å². The largest absolute Gasteiger partial charge is 0.309 e. The van der Waals surface area contributed by atoms with Crippen molar-refractivity contribution in [3.05, 3.63) is 324 Å². The summed E-state index contributed by atoms with van der Waals surface area (Å²) in [7, 11) is 0. The molecule has 0 aliphatic heterocycles. The highest BCUT2D eigenvalue weighted by molar-refractivity contribution is 6.12. The Balaban J connectivity index is 0.581. The van der Waals surface area contributed by atoms with Crippen LogP contribution < -0.4 is 0 Å². The molecule has 3 aliphatic rings. The van der Waals surface area contributed by atoms with Gasteiger partial charge in [0.25, 0.3) is 0 Å². The number of rotatable bonds is 8. The Hall–Kier alpha value is -10.8. The third-order valence-electron chi connectivity index (χ3n) is 21.2. The number of nitrogens with zero attached hydrogens (tertiary/aromatic N) is 2. The zero-order valence-electron chi connectivity index (χ0n) is 52.1. The first-order valence-corrected chi connectivity index (χ1v) is 32.2. The molecule has 0 amide bonds. The van der Waals surface area contributed by atoms with Crippen molar-refractivity contribution in [1.29, 1.82) is 0 Å². The van der Waals surface area contributed by atoms with Gasteiger partial charge in [-0.1, -0.05) is 248 Å². The second-order valence-corrected chi connectivity index (χ2v) is 27.3. The number of para-hydroxylation sites is 3. The van der Waals surface area contributed by atoms with E-state index in [1.54, 1.807) is 0 Å². The van der Waals surface area contributed by atoms with E-state index in [1.807, 2.05) is 0 Å². The summed E-state index contributed by atoms with van der Waals surface area (Å²) in [5.74, 6) is 0. The van der Waals surface area contributed by atoms with Gasteiger partial charge in [0.2, 0.25) is 0 Å². The predicted molar refractivity (Wildman–Crippen MR) is 385 cm³/mol. The van der Waals surface area contributed by atoms with Crippen molar-refractivity contribution in [2.24, 2.45) is 0 Å². The van der Waals surface area contributed by atoms with Gasteiger partial charge in [0, 0.05) is 49.2 Å². The third-order valence-corrected chi connectivity index (χ3v) is 21.2. The van der Waals surface area contributed by atoms with Crippen molar-refractivity contribution < 1.29 is 0 Å². The standard InChI is InChI=1S/C89H66N2/c1-87(2)77-21-13-10-18-67(77)72-45-40-66(54-82(72)87)91-84-23-15-12-20-74(84)76-49-60(39-47-86(76)91)62-35-42-69-71-44-37-64(53-81(71)89(5,6)79(69)51-62)63-36-43-70-68-41-34-61(50-78(68)88(3,4)80(70)52-63)58-32-28-56(29-33-58)25-24-55-26-30-57(31-27-55)59-38-46-85-75(48-59)73-19-11-14-22-83(73)90(85)65-16-8-7-9-17-65/h7-54H,1-6H3. The minimum absolute atomic E-state index is 0.0725. The zero-order valence-corrected chi connectivity index (χ0v) is 52.1. The molecule has 0 N–H and O–H groups in total. The lowest BCUT2D eigenvalue weighted by molar-refractivity contribution is 0.660. The molecular weight excluding hydrogens is 1100 g/mol. The predicted octanol–water partition coefficient (Wildman–Crippen LogP) is 23.6. The molecule has 13 aromatic carbocycles. The van der Waals surface area contributed by atoms with E-state index in [9.17, 15) is 0 Å². The van der Waals surface area contributed by atoms with Crippen LogP contribution in [0.1, 0.15) is 86.1 Å². The molecule has 0 fully saturated rings. The summed E-state index contributed by atoms with van der Waals surface area (Å²) >= 11 is 0. The van der Waals surface area contributed by atoms with Crippen LogP contribution in [-0.2, 0) is 16.2 Å². The van der Waals surface area contributed by atoms with Crippen molar-refractivity contribution in [2.75, 3.05) is 0 Å². The first kappa shape index (κ1) is 53.2. The van der Waals surface area contributed by atoms with Crippen LogP contribution in [0.25, 0.3) is 145 Å². The van der Waals surface area contributed by atoms with Crippen LogP contribution in [-0.4, -0.2) is 9.13 Å². The highest BCUT2D eigenvalue weighted by Crippen LogP contribution is 2.55. The van der Waals surface area contributed by atoms with Crippen molar-refractivity contribution in [2.45, 2.75) is 57.8 Å². The van der Waals surface area contributed by atoms with E-state index in [0.717, 1.165) is 0 Å². The van der Waals surface area contributed by atoms with Gasteiger partial charge in [-0.3, -0.25) is 0 Å². The van der Waals surface area contributed by atoms with Crippen molar-refractivity contribution in [3.63, 3.8) is 0 Å². The molecule has 18 rings (SSSR count). The highest BCUT2D eigenvalue weighted by Gasteiger charge is 2.39. The van der Waals surface area contributed by atoms with Crippen molar-refractivity contribution in [3.8, 4) is 89.3 Å². The zero-order chi connectivity index (χ0) is 61.1. The molecule has 0 saturated heterocycles. The second kappa shape index (κ2) is 19.6. The lowest BCUT2D eigenvalue weighted by Gasteiger charge is -2.24. The van der Waals surface area contributed by atoms with E-state index >= 15 is 0 Å². The molecule has 0 bridgehead atoms. The normalized spacial score (nSPS) is 14.5. The molecule has 0 spiro atoms. The maximum Gasteiger partial charge on any atom is 0.0541 e. The molecule has 15 aromatic rings. The Bertz CT molecular complexity index is 5580. The average Bonchev–Trinajstić information content (AvgIpc) is 1.60. The van der Waals surface area contributed by atoms with Crippen LogP contribution in [0, 0.1) is 0 Å². The van der Waals surface area contributed by atoms with Crippen LogP contribution in [0.5, 0.6) is 0 Å². The summed E-state index contributed by atoms with van der Waals surface area (Å²) < 4.78 is 4.84. The third kappa shape index (κ3) is 8.05. The number of hydrogen-bond donors (Lipinski definition) is 0. The van der Waals surface area contributed by atoms with E-state index in [4.69, 9.17) is 0 Å². The fourth-order valence-corrected chi connectivity index (χ4v) is 16.2. The molecular formula is C89H66N2. The van der Waals surface area contributed by atoms with E-state index in [1.165, 1.54) is 177 Å². The highest BCUT2D eigenvalue weighted by atomic mass is 15.0. The SMILES string of the molecule is CC1(C)c2cc(-c3ccc(C=Cc4ccc(-c5ccc6c(c5)c5ccccc5n6-c5ccccc5)cc4)cc3)ccc2-c2ccc(-c3ccc4c(c3)C(C)(C)c3cc(-c5ccc6c(c5)c5ccccc5n6-c5ccc6c(c5)C(C)(C)c5ccccc5-6)ccc3-4)cc21. The summed E-state index contributed by atoms with van der Waals surface area (Å²) in [5.41, 5.74) is 35.4. The Morgan fingerprint density at radius 3 is 1.02 bits per heavy atom. The first-order valence-electron chi connectivity index (χ1n) is 32.2. The summed E-state index contributed by atoms with van der Waals surface area (Å²) in [6.45, 7) is 14.4. The maximum atomic E-state index is 2.48. The van der Waals surface area contributed by atoms with E-state index in [2.05, 4.69) is 342 Å². The van der Waals surface area contributed by atoms with Crippen molar-refractivity contribution in [1.82, 2.24) is 9.13 Å². The fourth-order valence-electron chi connectivity index (χ4n) is 16.2. The van der Waals surface area contributed by atoms with Gasteiger partial charge in [0.15, 0.2) is 0 Å². The van der Waals surface area contributed by atoms with Gasteiger partial charge >= 0.3 is 0 Å². The molecule has 432 valence electrons. The Labute approximate surface area is 532 Å². The molecule has 0 saturated carbocycles. The topological polar surface area (TPSA) is 9.86 Å². The van der Waals surface area contributed by atoms with E-state index in [-0.39, 0.29) is 16.2 Å². The summed E-state index contributed by atoms with van der Waals surface area (Å²) in [6.07, 6.45) is 4.44. The van der Waals surface area contributed by atoms with Gasteiger partial charge in [-0.2, -0.15) is 0 Å². The molecule has 2 heterocycles. The number of aromatic nitrogens is 2. The summed E-state index contributed by atoms with van der Waals surface area (Å²) in [4.78, 5) is 0. The van der Waals surface area contributed by atoms with Gasteiger partial charge in [0.05, 0.1) is 22.1 Å². The Morgan fingerprint density at radius 2 is 0.538 bits per heavy atom. The number of hydrogen-bond acceptors (Lipinski definition) is 0. The molecule has 0 unspecified atom stereocenters. The molecule has 2 nitrogen and oxygen atoms in total. The van der Waals surface area contributed by atoms with Crippen LogP contribution >= 0.6 is 0 Å². The number of benzene rings is 13. The van der Waals surface area contributed by atoms with E-state index < -0.39 is 0 Å². The lowest BCUT2D eigenvalue weighted by atomic mass is 9.79. The molecule has 3 aliphatic carbocycles. The monoisotopic (exact) mass is 1160 g/mol. The minimum Gasteiger partial charge on any atom is -0.309 e. The van der Waals surface area contributed by atoms with Gasteiger partial charge in [-0.15, -0.1) is 0 Å². The average molecular weight is 1160 g/mol. The minimum atomic E-state index is -0.187. The van der Waals surface area contributed by atoms with Gasteiger partial charge in [0.1, 0.15) is 0 Å². The molecule has 2 aromatic heterocycles. The lowest BCUT2D eigenvalue weighted by Crippen LogP contribution is -2.15. The van der Waals surface area contributed by atoms with E-state index in [0.29, 0.717) is 0 Å².